The fraction of sp³-hybridized carbons (Fsp3) is 1.00. The highest BCUT2D eigenvalue weighted by molar-refractivity contribution is 7.99. The molecule has 2 atom stereocenters. The van der Waals surface area contributed by atoms with Gasteiger partial charge in [0.05, 0.1) is 11.2 Å². The summed E-state index contributed by atoms with van der Waals surface area (Å²) in [6.45, 7) is 0.938. The number of methoxy groups -OCH3 is 1. The second kappa shape index (κ2) is 6.77. The van der Waals surface area contributed by atoms with Crippen molar-refractivity contribution in [3.05, 3.63) is 0 Å². The van der Waals surface area contributed by atoms with Crippen LogP contribution in [0.15, 0.2) is 0 Å². The van der Waals surface area contributed by atoms with Crippen molar-refractivity contribution in [2.24, 2.45) is 5.92 Å². The van der Waals surface area contributed by atoms with Crippen molar-refractivity contribution in [2.45, 2.75) is 68.6 Å². The monoisotopic (exact) mass is 313 g/mol. The molecule has 2 heterocycles. The van der Waals surface area contributed by atoms with Crippen LogP contribution in [-0.4, -0.2) is 49.5 Å². The average molecular weight is 314 g/mol. The summed E-state index contributed by atoms with van der Waals surface area (Å²) < 4.78 is 12.4. The highest BCUT2D eigenvalue weighted by atomic mass is 32.2. The third-order valence-corrected chi connectivity index (χ3v) is 7.13. The molecule has 3 aliphatic rings. The Bertz CT molecular complexity index is 332. The zero-order valence-electron chi connectivity index (χ0n) is 13.7. The van der Waals surface area contributed by atoms with Gasteiger partial charge in [0.15, 0.2) is 0 Å². The maximum atomic E-state index is 6.28. The fourth-order valence-corrected chi connectivity index (χ4v) is 6.22. The molecule has 4 heteroatoms. The second-order valence-electron chi connectivity index (χ2n) is 7.14. The van der Waals surface area contributed by atoms with Gasteiger partial charge in [-0.3, -0.25) is 0 Å². The molecule has 1 N–H and O–H groups in total. The third kappa shape index (κ3) is 3.15. The molecule has 0 aromatic carbocycles. The molecule has 0 radical (unpaired) electrons. The number of thioether (sulfide) groups is 1. The number of hydrogen-bond donors (Lipinski definition) is 1. The minimum absolute atomic E-state index is 0.0708. The molecule has 3 nitrogen and oxygen atoms in total. The molecular weight excluding hydrogens is 282 g/mol. The molecule has 2 aliphatic heterocycles. The lowest BCUT2D eigenvalue weighted by Crippen LogP contribution is -2.57. The first-order valence-electron chi connectivity index (χ1n) is 8.68. The molecule has 3 fully saturated rings. The van der Waals surface area contributed by atoms with Crippen LogP contribution in [0.5, 0.6) is 0 Å². The summed E-state index contributed by atoms with van der Waals surface area (Å²) in [6, 6.07) is 0.486. The fourth-order valence-electron chi connectivity index (χ4n) is 4.99. The van der Waals surface area contributed by atoms with Crippen molar-refractivity contribution >= 4 is 11.8 Å². The van der Waals surface area contributed by atoms with E-state index in [0.29, 0.717) is 12.0 Å². The molecule has 21 heavy (non-hydrogen) atoms. The summed E-state index contributed by atoms with van der Waals surface area (Å²) in [7, 11) is 4.05. The van der Waals surface area contributed by atoms with Crippen molar-refractivity contribution in [3.8, 4) is 0 Å². The van der Waals surface area contributed by atoms with E-state index in [1.165, 1.54) is 62.9 Å². The Morgan fingerprint density at radius 2 is 1.90 bits per heavy atom. The molecule has 122 valence electrons. The van der Waals surface area contributed by atoms with E-state index in [2.05, 4.69) is 24.1 Å². The molecule has 2 unspecified atom stereocenters. The second-order valence-corrected chi connectivity index (χ2v) is 8.36. The zero-order valence-corrected chi connectivity index (χ0v) is 14.5. The van der Waals surface area contributed by atoms with Crippen LogP contribution >= 0.6 is 11.8 Å². The molecule has 3 rings (SSSR count). The average Bonchev–Trinajstić information content (AvgIpc) is 2.99. The van der Waals surface area contributed by atoms with Gasteiger partial charge < -0.3 is 14.8 Å². The van der Waals surface area contributed by atoms with Crippen LogP contribution in [0.1, 0.15) is 51.4 Å². The van der Waals surface area contributed by atoms with E-state index in [0.717, 1.165) is 6.61 Å². The van der Waals surface area contributed by atoms with E-state index in [9.17, 15) is 0 Å². The molecule has 0 amide bonds. The maximum absolute atomic E-state index is 6.28. The van der Waals surface area contributed by atoms with Crippen LogP contribution in [0.4, 0.5) is 0 Å². The van der Waals surface area contributed by atoms with Gasteiger partial charge in [-0.25, -0.2) is 0 Å². The van der Waals surface area contributed by atoms with Crippen molar-refractivity contribution in [2.75, 3.05) is 32.3 Å². The largest absolute Gasteiger partial charge is 0.377 e. The Kier molecular flexibility index (Phi) is 5.19. The predicted octanol–water partition coefficient (Wildman–Crippen LogP) is 3.23. The van der Waals surface area contributed by atoms with Crippen LogP contribution in [0, 0.1) is 5.92 Å². The molecule has 2 saturated heterocycles. The first-order valence-corrected chi connectivity index (χ1v) is 9.83. The Labute approximate surface area is 133 Å². The van der Waals surface area contributed by atoms with Crippen molar-refractivity contribution in [3.63, 3.8) is 0 Å². The number of rotatable bonds is 4. The summed E-state index contributed by atoms with van der Waals surface area (Å²) in [5.74, 6) is 3.24. The van der Waals surface area contributed by atoms with E-state index in [4.69, 9.17) is 9.47 Å². The van der Waals surface area contributed by atoms with Gasteiger partial charge in [0.1, 0.15) is 0 Å². The normalized spacial score (nSPS) is 33.1. The smallest absolute Gasteiger partial charge is 0.0833 e. The molecule has 1 saturated carbocycles. The van der Waals surface area contributed by atoms with Crippen LogP contribution in [0.2, 0.25) is 0 Å². The molecule has 0 aromatic rings. The topological polar surface area (TPSA) is 30.5 Å². The maximum Gasteiger partial charge on any atom is 0.0833 e. The van der Waals surface area contributed by atoms with Crippen molar-refractivity contribution < 1.29 is 9.47 Å². The Balaban J connectivity index is 1.74. The summed E-state index contributed by atoms with van der Waals surface area (Å²) in [5.41, 5.74) is 0.248. The minimum atomic E-state index is 0.0708. The first kappa shape index (κ1) is 16.1. The molecule has 0 bridgehead atoms. The van der Waals surface area contributed by atoms with E-state index in [1.54, 1.807) is 0 Å². The van der Waals surface area contributed by atoms with Gasteiger partial charge in [-0.05, 0) is 63.0 Å². The Morgan fingerprint density at radius 3 is 2.52 bits per heavy atom. The van der Waals surface area contributed by atoms with Crippen LogP contribution in [0.3, 0.4) is 0 Å². The van der Waals surface area contributed by atoms with Crippen LogP contribution in [0.25, 0.3) is 0 Å². The quantitative estimate of drug-likeness (QED) is 0.863. The number of nitrogens with one attached hydrogen (secondary N) is 1. The van der Waals surface area contributed by atoms with Crippen molar-refractivity contribution in [1.29, 1.82) is 0 Å². The highest BCUT2D eigenvalue weighted by Gasteiger charge is 2.48. The van der Waals surface area contributed by atoms with Gasteiger partial charge >= 0.3 is 0 Å². The van der Waals surface area contributed by atoms with Crippen LogP contribution < -0.4 is 5.32 Å². The van der Waals surface area contributed by atoms with Gasteiger partial charge in [0.25, 0.3) is 0 Å². The summed E-state index contributed by atoms with van der Waals surface area (Å²) >= 11 is 2.09. The standard InChI is InChI=1S/C17H31NO2S/c1-18-15(17(19-2)6-3-4-7-17)14-5-10-20-16(13-14)8-11-21-12-9-16/h14-15,18H,3-13H2,1-2H3. The molecule has 0 aromatic heterocycles. The Morgan fingerprint density at radius 1 is 1.19 bits per heavy atom. The lowest BCUT2D eigenvalue weighted by Gasteiger charge is -2.49. The third-order valence-electron chi connectivity index (χ3n) is 6.14. The Hall–Kier alpha value is 0.230. The van der Waals surface area contributed by atoms with Crippen LogP contribution in [-0.2, 0) is 9.47 Å². The molecular formula is C17H31NO2S. The lowest BCUT2D eigenvalue weighted by atomic mass is 9.73. The molecule has 1 aliphatic carbocycles. The highest BCUT2D eigenvalue weighted by Crippen LogP contribution is 2.45. The van der Waals surface area contributed by atoms with E-state index < -0.39 is 0 Å². The number of likely N-dealkylation sites (N-methyl/N-ethyl adjacent to an activating group) is 1. The van der Waals surface area contributed by atoms with Gasteiger partial charge in [-0.15, -0.1) is 0 Å². The molecule has 1 spiro atoms. The predicted molar refractivity (Wildman–Crippen MR) is 89.0 cm³/mol. The summed E-state index contributed by atoms with van der Waals surface area (Å²) in [4.78, 5) is 0. The number of ether oxygens (including phenoxy) is 2. The summed E-state index contributed by atoms with van der Waals surface area (Å²) in [6.07, 6.45) is 9.96. The summed E-state index contributed by atoms with van der Waals surface area (Å²) in [5, 5.41) is 3.64. The lowest BCUT2D eigenvalue weighted by molar-refractivity contribution is -0.128. The number of hydrogen-bond acceptors (Lipinski definition) is 4. The van der Waals surface area contributed by atoms with Gasteiger partial charge in [-0.1, -0.05) is 12.8 Å². The van der Waals surface area contributed by atoms with E-state index >= 15 is 0 Å². The zero-order chi connectivity index (χ0) is 14.8. The van der Waals surface area contributed by atoms with Gasteiger partial charge in [-0.2, -0.15) is 11.8 Å². The van der Waals surface area contributed by atoms with E-state index in [-0.39, 0.29) is 11.2 Å². The van der Waals surface area contributed by atoms with Gasteiger partial charge in [0, 0.05) is 19.8 Å². The van der Waals surface area contributed by atoms with Gasteiger partial charge in [0.2, 0.25) is 0 Å². The minimum Gasteiger partial charge on any atom is -0.377 e. The first-order chi connectivity index (χ1) is 10.2. The SMILES string of the molecule is CNC(C1CCOC2(CCSCC2)C1)C1(OC)CCCC1. The van der Waals surface area contributed by atoms with E-state index in [1.807, 2.05) is 7.11 Å². The van der Waals surface area contributed by atoms with Crippen molar-refractivity contribution in [1.82, 2.24) is 5.32 Å².